The average molecular weight is 301 g/mol. The Balaban J connectivity index is 3.85. The van der Waals surface area contributed by atoms with Crippen molar-refractivity contribution in [2.24, 2.45) is 0 Å². The molecule has 8 nitrogen and oxygen atoms in total. The van der Waals surface area contributed by atoms with Crippen LogP contribution >= 0.6 is 0 Å². The van der Waals surface area contributed by atoms with Crippen molar-refractivity contribution in [2.45, 2.75) is 39.5 Å². The van der Waals surface area contributed by atoms with E-state index in [1.807, 2.05) is 13.8 Å². The second kappa shape index (κ2) is 10.6. The monoisotopic (exact) mass is 301 g/mol. The van der Waals surface area contributed by atoms with Crippen LogP contribution in [-0.2, 0) is 14.4 Å². The van der Waals surface area contributed by atoms with Gasteiger partial charge in [-0.3, -0.25) is 19.7 Å². The maximum atomic E-state index is 11.6. The highest BCUT2D eigenvalue weighted by Crippen LogP contribution is 1.99. The lowest BCUT2D eigenvalue weighted by atomic mass is 10.2. The summed E-state index contributed by atoms with van der Waals surface area (Å²) >= 11 is 0. The lowest BCUT2D eigenvalue weighted by Crippen LogP contribution is -2.45. The summed E-state index contributed by atoms with van der Waals surface area (Å²) < 4.78 is 0. The molecule has 0 bridgehead atoms. The van der Waals surface area contributed by atoms with Crippen molar-refractivity contribution in [3.05, 3.63) is 0 Å². The van der Waals surface area contributed by atoms with Gasteiger partial charge in [-0.15, -0.1) is 0 Å². The average Bonchev–Trinajstić information content (AvgIpc) is 2.42. The van der Waals surface area contributed by atoms with E-state index in [1.165, 1.54) is 0 Å². The van der Waals surface area contributed by atoms with Crippen LogP contribution in [0.3, 0.4) is 0 Å². The number of aliphatic carboxylic acids is 1. The number of nitrogens with zero attached hydrogens (tertiary/aromatic N) is 1. The summed E-state index contributed by atoms with van der Waals surface area (Å²) in [6.07, 6.45) is 0.844. The number of carbonyl (C=O) groups is 4. The van der Waals surface area contributed by atoms with Gasteiger partial charge in [-0.25, -0.2) is 4.79 Å². The van der Waals surface area contributed by atoms with E-state index in [4.69, 9.17) is 5.11 Å². The minimum Gasteiger partial charge on any atom is -0.481 e. The maximum absolute atomic E-state index is 11.6. The Bertz CT molecular complexity index is 380. The van der Waals surface area contributed by atoms with Crippen LogP contribution in [0.1, 0.15) is 39.5 Å². The summed E-state index contributed by atoms with van der Waals surface area (Å²) in [5.74, 6) is -1.62. The molecular weight excluding hydrogens is 278 g/mol. The van der Waals surface area contributed by atoms with Crippen LogP contribution in [0, 0.1) is 0 Å². The molecular formula is C13H23N3O5. The van der Waals surface area contributed by atoms with Gasteiger partial charge in [0.2, 0.25) is 11.8 Å². The van der Waals surface area contributed by atoms with Crippen LogP contribution in [0.15, 0.2) is 0 Å². The third-order valence-electron chi connectivity index (χ3n) is 2.81. The summed E-state index contributed by atoms with van der Waals surface area (Å²) in [5.41, 5.74) is 0. The Morgan fingerprint density at radius 1 is 1.00 bits per heavy atom. The van der Waals surface area contributed by atoms with E-state index < -0.39 is 17.9 Å². The number of urea groups is 1. The predicted molar refractivity (Wildman–Crippen MR) is 75.6 cm³/mol. The molecule has 0 atom stereocenters. The SMILES string of the molecule is CCN(CC)C(=O)CNC(=O)NC(=O)CCCCC(=O)O. The van der Waals surface area contributed by atoms with E-state index in [0.717, 1.165) is 0 Å². The van der Waals surface area contributed by atoms with Gasteiger partial charge in [-0.1, -0.05) is 0 Å². The van der Waals surface area contributed by atoms with Gasteiger partial charge in [0.05, 0.1) is 6.54 Å². The molecule has 0 saturated heterocycles. The van der Waals surface area contributed by atoms with E-state index in [2.05, 4.69) is 10.6 Å². The Morgan fingerprint density at radius 3 is 2.10 bits per heavy atom. The first-order chi connectivity index (χ1) is 9.90. The molecule has 120 valence electrons. The topological polar surface area (TPSA) is 116 Å². The summed E-state index contributed by atoms with van der Waals surface area (Å²) in [4.78, 5) is 46.2. The van der Waals surface area contributed by atoms with Crippen LogP contribution in [0.5, 0.6) is 0 Å². The van der Waals surface area contributed by atoms with E-state index in [0.29, 0.717) is 25.9 Å². The number of rotatable bonds is 9. The molecule has 0 aliphatic heterocycles. The largest absolute Gasteiger partial charge is 0.481 e. The minimum atomic E-state index is -0.914. The molecule has 4 amide bonds. The second-order valence-electron chi connectivity index (χ2n) is 4.40. The third-order valence-corrected chi connectivity index (χ3v) is 2.81. The number of imide groups is 1. The highest BCUT2D eigenvalue weighted by molar-refractivity contribution is 5.95. The molecule has 0 spiro atoms. The normalized spacial score (nSPS) is 9.81. The zero-order valence-corrected chi connectivity index (χ0v) is 12.5. The van der Waals surface area contributed by atoms with Crippen LogP contribution in [-0.4, -0.2) is 53.5 Å². The lowest BCUT2D eigenvalue weighted by molar-refractivity contribution is -0.137. The zero-order valence-electron chi connectivity index (χ0n) is 12.5. The highest BCUT2D eigenvalue weighted by atomic mass is 16.4. The number of unbranched alkanes of at least 4 members (excludes halogenated alkanes) is 1. The fraction of sp³-hybridized carbons (Fsp3) is 0.692. The molecule has 0 unspecified atom stereocenters. The van der Waals surface area contributed by atoms with Gasteiger partial charge in [0.15, 0.2) is 0 Å². The molecule has 0 aromatic heterocycles. The summed E-state index contributed by atoms with van der Waals surface area (Å²) in [6.45, 7) is 4.62. The smallest absolute Gasteiger partial charge is 0.321 e. The van der Waals surface area contributed by atoms with Gasteiger partial charge in [0.1, 0.15) is 0 Å². The quantitative estimate of drug-likeness (QED) is 0.531. The van der Waals surface area contributed by atoms with Crippen molar-refractivity contribution >= 4 is 23.8 Å². The Kier molecular flexibility index (Phi) is 9.57. The molecule has 0 aliphatic rings. The molecule has 8 heteroatoms. The van der Waals surface area contributed by atoms with Gasteiger partial charge in [-0.05, 0) is 26.7 Å². The minimum absolute atomic E-state index is 0.00213. The molecule has 0 radical (unpaired) electrons. The number of carboxylic acid groups (broad SMARTS) is 1. The molecule has 0 heterocycles. The fourth-order valence-corrected chi connectivity index (χ4v) is 1.64. The standard InChI is InChI=1S/C13H23N3O5/c1-3-16(4-2)11(18)9-14-13(21)15-10(17)7-5-6-8-12(19)20/h3-9H2,1-2H3,(H,19,20)(H2,14,15,17,21). The second-order valence-corrected chi connectivity index (χ2v) is 4.40. The molecule has 0 fully saturated rings. The lowest BCUT2D eigenvalue weighted by Gasteiger charge is -2.18. The van der Waals surface area contributed by atoms with Crippen LogP contribution in [0.25, 0.3) is 0 Å². The number of carbonyl (C=O) groups excluding carboxylic acids is 3. The summed E-state index contributed by atoms with van der Waals surface area (Å²) in [5, 5.41) is 12.8. The number of hydrogen-bond donors (Lipinski definition) is 3. The molecule has 0 rings (SSSR count). The van der Waals surface area contributed by atoms with E-state index >= 15 is 0 Å². The van der Waals surface area contributed by atoms with Crippen molar-refractivity contribution in [3.63, 3.8) is 0 Å². The van der Waals surface area contributed by atoms with Gasteiger partial charge in [0, 0.05) is 25.9 Å². The zero-order chi connectivity index (χ0) is 16.3. The molecule has 3 N–H and O–H groups in total. The van der Waals surface area contributed by atoms with Gasteiger partial charge >= 0.3 is 12.0 Å². The number of likely N-dealkylation sites (N-methyl/N-ethyl adjacent to an activating group) is 1. The van der Waals surface area contributed by atoms with Crippen LogP contribution in [0.4, 0.5) is 4.79 Å². The maximum Gasteiger partial charge on any atom is 0.321 e. The van der Waals surface area contributed by atoms with Crippen LogP contribution < -0.4 is 10.6 Å². The fourth-order valence-electron chi connectivity index (χ4n) is 1.64. The van der Waals surface area contributed by atoms with Crippen molar-refractivity contribution in [1.29, 1.82) is 0 Å². The number of carboxylic acids is 1. The molecule has 0 aliphatic carbocycles. The molecule has 0 aromatic carbocycles. The number of nitrogens with one attached hydrogen (secondary N) is 2. The first kappa shape index (κ1) is 18.9. The van der Waals surface area contributed by atoms with Crippen molar-refractivity contribution < 1.29 is 24.3 Å². The third kappa shape index (κ3) is 9.42. The van der Waals surface area contributed by atoms with Crippen molar-refractivity contribution in [3.8, 4) is 0 Å². The summed E-state index contributed by atoms with van der Waals surface area (Å²) in [7, 11) is 0. The molecule has 0 saturated carbocycles. The predicted octanol–water partition coefficient (Wildman–Crippen LogP) is 0.326. The van der Waals surface area contributed by atoms with Crippen LogP contribution in [0.2, 0.25) is 0 Å². The number of amides is 4. The molecule has 0 aromatic rings. The van der Waals surface area contributed by atoms with E-state index in [1.54, 1.807) is 4.90 Å². The Hall–Kier alpha value is -2.12. The van der Waals surface area contributed by atoms with Gasteiger partial charge < -0.3 is 15.3 Å². The van der Waals surface area contributed by atoms with Crippen molar-refractivity contribution in [1.82, 2.24) is 15.5 Å². The summed E-state index contributed by atoms with van der Waals surface area (Å²) in [6, 6.07) is -0.723. The Labute approximate surface area is 123 Å². The number of hydrogen-bond acceptors (Lipinski definition) is 4. The van der Waals surface area contributed by atoms with E-state index in [-0.39, 0.29) is 25.3 Å². The first-order valence-corrected chi connectivity index (χ1v) is 6.97. The molecule has 21 heavy (non-hydrogen) atoms. The van der Waals surface area contributed by atoms with E-state index in [9.17, 15) is 19.2 Å². The first-order valence-electron chi connectivity index (χ1n) is 6.97. The van der Waals surface area contributed by atoms with Crippen molar-refractivity contribution in [2.75, 3.05) is 19.6 Å². The highest BCUT2D eigenvalue weighted by Gasteiger charge is 2.12. The van der Waals surface area contributed by atoms with Gasteiger partial charge in [0.25, 0.3) is 0 Å². The Morgan fingerprint density at radius 2 is 1.57 bits per heavy atom. The van der Waals surface area contributed by atoms with Gasteiger partial charge in [-0.2, -0.15) is 0 Å².